The molecule has 0 saturated carbocycles. The van der Waals surface area contributed by atoms with Crippen LogP contribution in [-0.2, 0) is 21.4 Å². The number of nitrogens with zero attached hydrogens (tertiary/aromatic N) is 1. The highest BCUT2D eigenvalue weighted by atomic mass is 32.2. The molecule has 2 aliphatic heterocycles. The Balaban J connectivity index is 1.70. The van der Waals surface area contributed by atoms with Gasteiger partial charge in [0.05, 0.1) is 0 Å². The van der Waals surface area contributed by atoms with Gasteiger partial charge in [-0.1, -0.05) is 30.3 Å². The standard InChI is InChI=1S/C17H26N4O3S/c1-12-16(13(2)20-19-12)25(23,24)21-10-6-9-15(21)17(22)18-11-14-7-4-3-5-8-14/h3-5,7-8,12-13,15-16,19-20H,6,9-11H2,1-2H3,(H,18,22)/t12?,13?,15-,16?/m1/s1. The maximum absolute atomic E-state index is 13.1. The topological polar surface area (TPSA) is 90.5 Å². The minimum absolute atomic E-state index is 0.200. The molecule has 2 heterocycles. The highest BCUT2D eigenvalue weighted by molar-refractivity contribution is 7.89. The van der Waals surface area contributed by atoms with Crippen LogP contribution in [0.25, 0.3) is 0 Å². The van der Waals surface area contributed by atoms with Crippen LogP contribution in [0, 0.1) is 0 Å². The molecule has 7 nitrogen and oxygen atoms in total. The van der Waals surface area contributed by atoms with Gasteiger partial charge in [-0.3, -0.25) is 15.6 Å². The molecule has 0 aliphatic carbocycles. The largest absolute Gasteiger partial charge is 0.351 e. The lowest BCUT2D eigenvalue weighted by atomic mass is 10.2. The number of hydrogen-bond acceptors (Lipinski definition) is 5. The van der Waals surface area contributed by atoms with Crippen molar-refractivity contribution in [3.63, 3.8) is 0 Å². The number of carbonyl (C=O) groups excluding carboxylic acids is 1. The van der Waals surface area contributed by atoms with Gasteiger partial charge in [-0.15, -0.1) is 0 Å². The Morgan fingerprint density at radius 2 is 1.84 bits per heavy atom. The molecule has 0 radical (unpaired) electrons. The van der Waals surface area contributed by atoms with Crippen molar-refractivity contribution in [3.8, 4) is 0 Å². The van der Waals surface area contributed by atoms with E-state index in [9.17, 15) is 13.2 Å². The van der Waals surface area contributed by atoms with Crippen LogP contribution in [0.1, 0.15) is 32.3 Å². The summed E-state index contributed by atoms with van der Waals surface area (Å²) in [5, 5.41) is 2.31. The fraction of sp³-hybridized carbons (Fsp3) is 0.588. The Bertz CT molecular complexity index is 700. The van der Waals surface area contributed by atoms with Gasteiger partial charge in [0, 0.05) is 25.2 Å². The molecule has 25 heavy (non-hydrogen) atoms. The third-order valence-corrected chi connectivity index (χ3v) is 7.61. The quantitative estimate of drug-likeness (QED) is 0.700. The molecule has 2 fully saturated rings. The molecule has 2 unspecified atom stereocenters. The van der Waals surface area contributed by atoms with Gasteiger partial charge in [-0.05, 0) is 32.3 Å². The summed E-state index contributed by atoms with van der Waals surface area (Å²) in [4.78, 5) is 12.6. The fourth-order valence-electron chi connectivity index (χ4n) is 3.74. The van der Waals surface area contributed by atoms with E-state index >= 15 is 0 Å². The zero-order chi connectivity index (χ0) is 18.0. The molecule has 3 rings (SSSR count). The van der Waals surface area contributed by atoms with Crippen molar-refractivity contribution in [2.45, 2.75) is 56.6 Å². The summed E-state index contributed by atoms with van der Waals surface area (Å²) in [6.45, 7) is 4.50. The monoisotopic (exact) mass is 366 g/mol. The minimum Gasteiger partial charge on any atom is -0.351 e. The summed E-state index contributed by atoms with van der Waals surface area (Å²) in [7, 11) is -3.57. The van der Waals surface area contributed by atoms with Crippen molar-refractivity contribution in [2.24, 2.45) is 0 Å². The third-order valence-electron chi connectivity index (χ3n) is 5.01. The summed E-state index contributed by atoms with van der Waals surface area (Å²) < 4.78 is 27.6. The lowest BCUT2D eigenvalue weighted by molar-refractivity contribution is -0.124. The smallest absolute Gasteiger partial charge is 0.238 e. The summed E-state index contributed by atoms with van der Waals surface area (Å²) in [6.07, 6.45) is 1.27. The number of carbonyl (C=O) groups is 1. The van der Waals surface area contributed by atoms with Crippen molar-refractivity contribution < 1.29 is 13.2 Å². The van der Waals surface area contributed by atoms with Gasteiger partial charge >= 0.3 is 0 Å². The highest BCUT2D eigenvalue weighted by Crippen LogP contribution is 2.27. The van der Waals surface area contributed by atoms with Gasteiger partial charge in [-0.2, -0.15) is 4.31 Å². The summed E-state index contributed by atoms with van der Waals surface area (Å²) in [5.74, 6) is -0.218. The van der Waals surface area contributed by atoms with Crippen LogP contribution >= 0.6 is 0 Å². The Morgan fingerprint density at radius 1 is 1.20 bits per heavy atom. The van der Waals surface area contributed by atoms with Gasteiger partial charge < -0.3 is 5.32 Å². The molecule has 3 N–H and O–H groups in total. The molecule has 1 amide bonds. The second-order valence-electron chi connectivity index (χ2n) is 6.85. The predicted molar refractivity (Wildman–Crippen MR) is 95.9 cm³/mol. The van der Waals surface area contributed by atoms with E-state index in [2.05, 4.69) is 16.2 Å². The number of benzene rings is 1. The van der Waals surface area contributed by atoms with Gasteiger partial charge in [0.1, 0.15) is 11.3 Å². The maximum Gasteiger partial charge on any atom is 0.238 e. The second-order valence-corrected chi connectivity index (χ2v) is 8.89. The Morgan fingerprint density at radius 3 is 2.48 bits per heavy atom. The van der Waals surface area contributed by atoms with Gasteiger partial charge in [0.2, 0.25) is 15.9 Å². The SMILES string of the molecule is CC1NNC(C)C1S(=O)(=O)N1CCC[C@@H]1C(=O)NCc1ccccc1. The van der Waals surface area contributed by atoms with Crippen LogP contribution in [0.15, 0.2) is 30.3 Å². The maximum atomic E-state index is 13.1. The van der Waals surface area contributed by atoms with Crippen molar-refractivity contribution >= 4 is 15.9 Å². The molecular weight excluding hydrogens is 340 g/mol. The zero-order valence-corrected chi connectivity index (χ0v) is 15.4. The molecule has 1 aromatic carbocycles. The van der Waals surface area contributed by atoms with E-state index in [1.165, 1.54) is 4.31 Å². The first-order chi connectivity index (χ1) is 11.9. The van der Waals surface area contributed by atoms with Crippen LogP contribution in [0.4, 0.5) is 0 Å². The molecule has 0 aromatic heterocycles. The van der Waals surface area contributed by atoms with Crippen LogP contribution < -0.4 is 16.2 Å². The van der Waals surface area contributed by atoms with E-state index in [0.29, 0.717) is 25.9 Å². The molecule has 1 aromatic rings. The molecule has 0 bridgehead atoms. The van der Waals surface area contributed by atoms with Gasteiger partial charge in [0.25, 0.3) is 0 Å². The van der Waals surface area contributed by atoms with Crippen LogP contribution in [0.2, 0.25) is 0 Å². The molecule has 2 aliphatic rings. The average Bonchev–Trinajstić information content (AvgIpc) is 3.21. The van der Waals surface area contributed by atoms with Crippen LogP contribution in [-0.4, -0.2) is 48.6 Å². The van der Waals surface area contributed by atoms with Crippen molar-refractivity contribution in [3.05, 3.63) is 35.9 Å². The van der Waals surface area contributed by atoms with Gasteiger partial charge in [0.15, 0.2) is 0 Å². The summed E-state index contributed by atoms with van der Waals surface area (Å²) in [6, 6.07) is 8.59. The average molecular weight is 366 g/mol. The molecular formula is C17H26N4O3S. The van der Waals surface area contributed by atoms with E-state index < -0.39 is 21.3 Å². The van der Waals surface area contributed by atoms with Crippen LogP contribution in [0.3, 0.4) is 0 Å². The Labute approximate surface area is 149 Å². The fourth-order valence-corrected chi connectivity index (χ4v) is 6.16. The van der Waals surface area contributed by atoms with E-state index in [-0.39, 0.29) is 18.0 Å². The Kier molecular flexibility index (Phi) is 5.43. The van der Waals surface area contributed by atoms with Gasteiger partial charge in [-0.25, -0.2) is 8.42 Å². The van der Waals surface area contributed by atoms with E-state index in [4.69, 9.17) is 0 Å². The minimum atomic E-state index is -3.57. The second kappa shape index (κ2) is 7.41. The number of amides is 1. The lowest BCUT2D eigenvalue weighted by Gasteiger charge is -2.29. The first kappa shape index (κ1) is 18.3. The summed E-state index contributed by atoms with van der Waals surface area (Å²) in [5.41, 5.74) is 6.96. The van der Waals surface area contributed by atoms with E-state index in [1.54, 1.807) is 0 Å². The van der Waals surface area contributed by atoms with Crippen LogP contribution in [0.5, 0.6) is 0 Å². The number of rotatable bonds is 5. The molecule has 138 valence electrons. The predicted octanol–water partition coefficient (Wildman–Crippen LogP) is 0.350. The van der Waals surface area contributed by atoms with E-state index in [1.807, 2.05) is 44.2 Å². The highest BCUT2D eigenvalue weighted by Gasteiger charge is 2.48. The number of nitrogens with one attached hydrogen (secondary N) is 3. The Hall–Kier alpha value is -1.48. The first-order valence-electron chi connectivity index (χ1n) is 8.74. The van der Waals surface area contributed by atoms with E-state index in [0.717, 1.165) is 5.56 Å². The first-order valence-corrected chi connectivity index (χ1v) is 10.2. The molecule has 0 spiro atoms. The van der Waals surface area contributed by atoms with Crippen molar-refractivity contribution in [1.29, 1.82) is 0 Å². The number of hydrazine groups is 1. The molecule has 2 saturated heterocycles. The molecule has 3 atom stereocenters. The normalized spacial score (nSPS) is 30.5. The molecule has 8 heteroatoms. The zero-order valence-electron chi connectivity index (χ0n) is 14.6. The number of sulfonamides is 1. The van der Waals surface area contributed by atoms with Crippen molar-refractivity contribution in [1.82, 2.24) is 20.5 Å². The van der Waals surface area contributed by atoms with Crippen molar-refractivity contribution in [2.75, 3.05) is 6.54 Å². The summed E-state index contributed by atoms with van der Waals surface area (Å²) >= 11 is 0. The third kappa shape index (κ3) is 3.72. The number of hydrogen-bond donors (Lipinski definition) is 3. The lowest BCUT2D eigenvalue weighted by Crippen LogP contribution is -2.52.